The Labute approximate surface area is 135 Å². The van der Waals surface area contributed by atoms with Gasteiger partial charge in [-0.15, -0.1) is 0 Å². The second-order valence-electron chi connectivity index (χ2n) is 5.72. The third-order valence-corrected chi connectivity index (χ3v) is 4.13. The van der Waals surface area contributed by atoms with E-state index < -0.39 is 0 Å². The lowest BCUT2D eigenvalue weighted by atomic mass is 10.1. The van der Waals surface area contributed by atoms with Gasteiger partial charge < -0.3 is 5.32 Å². The van der Waals surface area contributed by atoms with Crippen LogP contribution in [0.15, 0.2) is 22.7 Å². The molecule has 0 aliphatic rings. The molecule has 1 aromatic carbocycles. The van der Waals surface area contributed by atoms with Gasteiger partial charge in [0, 0.05) is 39.6 Å². The van der Waals surface area contributed by atoms with Gasteiger partial charge in [0.05, 0.1) is 0 Å². The number of aryl methyl sites for hydroxylation is 3. The predicted molar refractivity (Wildman–Crippen MR) is 91.4 cm³/mol. The second-order valence-corrected chi connectivity index (χ2v) is 6.57. The van der Waals surface area contributed by atoms with E-state index in [9.17, 15) is 0 Å². The third-order valence-electron chi connectivity index (χ3n) is 3.47. The molecular weight excluding hydrogens is 326 g/mol. The van der Waals surface area contributed by atoms with E-state index in [0.717, 1.165) is 33.8 Å². The topological polar surface area (TPSA) is 37.8 Å². The van der Waals surface area contributed by atoms with Crippen molar-refractivity contribution < 1.29 is 0 Å². The summed E-state index contributed by atoms with van der Waals surface area (Å²) in [5.41, 5.74) is 5.53. The number of halogens is 1. The minimum absolute atomic E-state index is 0.453. The highest BCUT2D eigenvalue weighted by Gasteiger charge is 2.12. The maximum absolute atomic E-state index is 4.69. The molecule has 0 atom stereocenters. The molecule has 4 heteroatoms. The van der Waals surface area contributed by atoms with Gasteiger partial charge in [0.1, 0.15) is 0 Å². The fraction of sp³-hybridized carbons (Fsp3) is 0.412. The zero-order valence-corrected chi connectivity index (χ0v) is 14.9. The van der Waals surface area contributed by atoms with Crippen LogP contribution < -0.4 is 5.32 Å². The molecule has 0 spiro atoms. The zero-order valence-electron chi connectivity index (χ0n) is 13.3. The zero-order chi connectivity index (χ0) is 15.6. The normalized spacial score (nSPS) is 11.2. The molecule has 0 aliphatic heterocycles. The van der Waals surface area contributed by atoms with E-state index in [1.54, 1.807) is 0 Å². The predicted octanol–water partition coefficient (Wildman–Crippen LogP) is 4.33. The Hall–Kier alpha value is -1.26. The number of nitrogens with zero attached hydrogens (tertiary/aromatic N) is 2. The lowest BCUT2D eigenvalue weighted by molar-refractivity contribution is 0.583. The van der Waals surface area contributed by atoms with E-state index >= 15 is 0 Å². The van der Waals surface area contributed by atoms with Gasteiger partial charge in [-0.3, -0.25) is 0 Å². The monoisotopic (exact) mass is 347 g/mol. The molecule has 0 fully saturated rings. The molecular formula is C17H22BrN3. The molecule has 2 rings (SSSR count). The number of hydrogen-bond donors (Lipinski definition) is 1. The molecule has 2 aromatic rings. The third kappa shape index (κ3) is 3.89. The molecule has 0 aliphatic carbocycles. The number of hydrogen-bond acceptors (Lipinski definition) is 3. The molecule has 3 nitrogen and oxygen atoms in total. The Kier molecular flexibility index (Phi) is 5.12. The molecule has 21 heavy (non-hydrogen) atoms. The maximum atomic E-state index is 4.69. The lowest BCUT2D eigenvalue weighted by Crippen LogP contribution is -2.23. The van der Waals surface area contributed by atoms with Crippen LogP contribution in [-0.4, -0.2) is 16.0 Å². The van der Waals surface area contributed by atoms with Crippen LogP contribution in [0, 0.1) is 20.8 Å². The molecule has 0 bridgehead atoms. The molecule has 1 N–H and O–H groups in total. The Bertz CT molecular complexity index is 627. The summed E-state index contributed by atoms with van der Waals surface area (Å²) in [6, 6.07) is 6.70. The van der Waals surface area contributed by atoms with Gasteiger partial charge in [-0.1, -0.05) is 35.8 Å². The Morgan fingerprint density at radius 3 is 2.24 bits per heavy atom. The van der Waals surface area contributed by atoms with E-state index in [0.29, 0.717) is 6.04 Å². The highest BCUT2D eigenvalue weighted by atomic mass is 79.9. The highest BCUT2D eigenvalue weighted by Crippen LogP contribution is 2.27. The van der Waals surface area contributed by atoms with Crippen molar-refractivity contribution in [3.05, 3.63) is 45.2 Å². The van der Waals surface area contributed by atoms with E-state index in [4.69, 9.17) is 9.97 Å². The molecule has 1 heterocycles. The van der Waals surface area contributed by atoms with Crippen molar-refractivity contribution in [2.75, 3.05) is 0 Å². The first-order valence-corrected chi connectivity index (χ1v) is 8.01. The van der Waals surface area contributed by atoms with Crippen molar-refractivity contribution in [2.45, 2.75) is 47.2 Å². The smallest absolute Gasteiger partial charge is 0.160 e. The molecule has 0 amide bonds. The Morgan fingerprint density at radius 2 is 1.71 bits per heavy atom. The van der Waals surface area contributed by atoms with E-state index in [-0.39, 0.29) is 0 Å². The fourth-order valence-electron chi connectivity index (χ4n) is 2.22. The van der Waals surface area contributed by atoms with Crippen LogP contribution in [0.4, 0.5) is 0 Å². The molecule has 1 aromatic heterocycles. The highest BCUT2D eigenvalue weighted by molar-refractivity contribution is 9.10. The van der Waals surface area contributed by atoms with Crippen LogP contribution in [0.25, 0.3) is 11.4 Å². The van der Waals surface area contributed by atoms with E-state index in [1.165, 1.54) is 11.1 Å². The van der Waals surface area contributed by atoms with Gasteiger partial charge in [0.25, 0.3) is 0 Å². The average Bonchev–Trinajstić information content (AvgIpc) is 2.37. The molecule has 0 radical (unpaired) electrons. The van der Waals surface area contributed by atoms with E-state index in [1.807, 2.05) is 0 Å². The summed E-state index contributed by atoms with van der Waals surface area (Å²) in [4.78, 5) is 9.38. The quantitative estimate of drug-likeness (QED) is 0.894. The van der Waals surface area contributed by atoms with Crippen molar-refractivity contribution in [1.82, 2.24) is 15.3 Å². The first kappa shape index (κ1) is 16.1. The number of benzene rings is 1. The van der Waals surface area contributed by atoms with Gasteiger partial charge in [0.15, 0.2) is 5.82 Å². The minimum atomic E-state index is 0.453. The van der Waals surface area contributed by atoms with Gasteiger partial charge in [0.2, 0.25) is 0 Å². The van der Waals surface area contributed by atoms with Crippen molar-refractivity contribution in [3.63, 3.8) is 0 Å². The molecule has 0 saturated carbocycles. The molecule has 0 saturated heterocycles. The summed E-state index contributed by atoms with van der Waals surface area (Å²) >= 11 is 3.61. The minimum Gasteiger partial charge on any atom is -0.310 e. The fourth-order valence-corrected chi connectivity index (χ4v) is 2.89. The van der Waals surface area contributed by atoms with Gasteiger partial charge in [-0.05, 0) is 38.5 Å². The van der Waals surface area contributed by atoms with Crippen LogP contribution in [-0.2, 0) is 6.54 Å². The number of aromatic nitrogens is 2. The maximum Gasteiger partial charge on any atom is 0.160 e. The van der Waals surface area contributed by atoms with Gasteiger partial charge in [-0.2, -0.15) is 0 Å². The van der Waals surface area contributed by atoms with Gasteiger partial charge in [-0.25, -0.2) is 9.97 Å². The van der Waals surface area contributed by atoms with Crippen LogP contribution in [0.2, 0.25) is 0 Å². The van der Waals surface area contributed by atoms with Crippen molar-refractivity contribution >= 4 is 15.9 Å². The van der Waals surface area contributed by atoms with Crippen LogP contribution in [0.1, 0.15) is 36.4 Å². The summed E-state index contributed by atoms with van der Waals surface area (Å²) in [6.45, 7) is 11.3. The van der Waals surface area contributed by atoms with Crippen molar-refractivity contribution in [1.29, 1.82) is 0 Å². The first-order valence-electron chi connectivity index (χ1n) is 7.22. The lowest BCUT2D eigenvalue weighted by Gasteiger charge is -2.14. The SMILES string of the molecule is Cc1ccc(-c2nc(C)c(CNC(C)C)c(C)n2)c(Br)c1. The van der Waals surface area contributed by atoms with Crippen LogP contribution in [0.3, 0.4) is 0 Å². The largest absolute Gasteiger partial charge is 0.310 e. The summed E-state index contributed by atoms with van der Waals surface area (Å²) in [5, 5.41) is 3.43. The van der Waals surface area contributed by atoms with Crippen LogP contribution in [0.5, 0.6) is 0 Å². The average molecular weight is 348 g/mol. The summed E-state index contributed by atoms with van der Waals surface area (Å²) < 4.78 is 1.04. The van der Waals surface area contributed by atoms with E-state index in [2.05, 4.69) is 74.1 Å². The van der Waals surface area contributed by atoms with Crippen molar-refractivity contribution in [2.24, 2.45) is 0 Å². The first-order chi connectivity index (χ1) is 9.88. The van der Waals surface area contributed by atoms with Gasteiger partial charge >= 0.3 is 0 Å². The summed E-state index contributed by atoms with van der Waals surface area (Å²) in [5.74, 6) is 0.783. The van der Waals surface area contributed by atoms with Crippen molar-refractivity contribution in [3.8, 4) is 11.4 Å². The summed E-state index contributed by atoms with van der Waals surface area (Å²) in [6.07, 6.45) is 0. The Morgan fingerprint density at radius 1 is 1.10 bits per heavy atom. The molecule has 0 unspecified atom stereocenters. The Balaban J connectivity index is 2.39. The number of nitrogens with one attached hydrogen (secondary N) is 1. The van der Waals surface area contributed by atoms with Crippen LogP contribution >= 0.6 is 15.9 Å². The second kappa shape index (κ2) is 6.67. The molecule has 112 valence electrons. The number of rotatable bonds is 4. The summed E-state index contributed by atoms with van der Waals surface area (Å²) in [7, 11) is 0. The standard InChI is InChI=1S/C17H22BrN3/c1-10(2)19-9-15-12(4)20-17(21-13(15)5)14-7-6-11(3)8-16(14)18/h6-8,10,19H,9H2,1-5H3.